The summed E-state index contributed by atoms with van der Waals surface area (Å²) in [7, 11) is 0. The molecule has 0 atom stereocenters. The first kappa shape index (κ1) is 21.5. The van der Waals surface area contributed by atoms with Crippen molar-refractivity contribution >= 4 is 10.9 Å². The van der Waals surface area contributed by atoms with Gasteiger partial charge in [-0.3, -0.25) is 4.68 Å². The average Bonchev–Trinajstić information content (AvgIpc) is 3.49. The minimum Gasteiger partial charge on any atom is -0.513 e. The van der Waals surface area contributed by atoms with Gasteiger partial charge in [0.15, 0.2) is 5.76 Å². The van der Waals surface area contributed by atoms with E-state index in [9.17, 15) is 5.11 Å². The van der Waals surface area contributed by atoms with E-state index in [1.165, 1.54) is 0 Å². The fourth-order valence-electron chi connectivity index (χ4n) is 3.93. The molecule has 5 rings (SSSR count). The van der Waals surface area contributed by atoms with E-state index in [1.807, 2.05) is 89.7 Å². The summed E-state index contributed by atoms with van der Waals surface area (Å²) < 4.78 is 14.4. The van der Waals surface area contributed by atoms with Gasteiger partial charge < -0.3 is 14.3 Å². The number of allylic oxidation sites excluding steroid dienone is 1. The first-order valence-corrected chi connectivity index (χ1v) is 11.2. The number of benzene rings is 3. The molecule has 0 aliphatic heterocycles. The van der Waals surface area contributed by atoms with E-state index in [4.69, 9.17) is 14.1 Å². The summed E-state index contributed by atoms with van der Waals surface area (Å²) in [5.74, 6) is 2.19. The van der Waals surface area contributed by atoms with E-state index < -0.39 is 0 Å². The van der Waals surface area contributed by atoms with Crippen LogP contribution in [0.1, 0.15) is 18.5 Å². The lowest BCUT2D eigenvalue weighted by atomic mass is 10.1. The Hall–Kier alpha value is -4.32. The maximum Gasteiger partial charge on any atom is 0.227 e. The molecule has 170 valence electrons. The van der Waals surface area contributed by atoms with Crippen LogP contribution in [0.5, 0.6) is 5.75 Å². The number of ether oxygens (including phenoxy) is 1. The van der Waals surface area contributed by atoms with Crippen molar-refractivity contribution in [3.63, 3.8) is 0 Å². The number of nitrogens with zero attached hydrogens (tertiary/aromatic N) is 3. The van der Waals surface area contributed by atoms with Gasteiger partial charge in [-0.25, -0.2) is 4.98 Å². The molecule has 0 saturated heterocycles. The quantitative estimate of drug-likeness (QED) is 0.250. The SMILES string of the molecule is C=C(O)CCCn1ncc2c(OCc3nc(-c4ccccc4)oc3-c3ccccc3)cccc21. The maximum absolute atomic E-state index is 9.34. The standard InChI is InChI=1S/C28H25N3O3/c1-20(32)10-9-17-31-25-15-8-16-26(23(25)18-29-31)33-19-24-27(21-11-4-2-5-12-21)34-28(30-24)22-13-6-3-7-14-22/h2-8,11-16,18,32H,1,9-10,17,19H2. The van der Waals surface area contributed by atoms with Gasteiger partial charge in [0.25, 0.3) is 0 Å². The van der Waals surface area contributed by atoms with Gasteiger partial charge in [-0.2, -0.15) is 5.10 Å². The highest BCUT2D eigenvalue weighted by Gasteiger charge is 2.18. The van der Waals surface area contributed by atoms with Gasteiger partial charge in [0.05, 0.1) is 22.9 Å². The first-order chi connectivity index (χ1) is 16.7. The molecular formula is C28H25N3O3. The summed E-state index contributed by atoms with van der Waals surface area (Å²) >= 11 is 0. The number of aliphatic hydroxyl groups excluding tert-OH is 1. The molecule has 0 bridgehead atoms. The monoisotopic (exact) mass is 451 g/mol. The van der Waals surface area contributed by atoms with Gasteiger partial charge >= 0.3 is 0 Å². The summed E-state index contributed by atoms with van der Waals surface area (Å²) in [5.41, 5.74) is 3.58. The van der Waals surface area contributed by atoms with E-state index in [1.54, 1.807) is 0 Å². The first-order valence-electron chi connectivity index (χ1n) is 11.2. The van der Waals surface area contributed by atoms with Crippen LogP contribution in [0.15, 0.2) is 102 Å². The average molecular weight is 452 g/mol. The Morgan fingerprint density at radius 3 is 2.41 bits per heavy atom. The van der Waals surface area contributed by atoms with Crippen molar-refractivity contribution in [3.05, 3.63) is 103 Å². The zero-order valence-electron chi connectivity index (χ0n) is 18.7. The summed E-state index contributed by atoms with van der Waals surface area (Å²) in [6, 6.07) is 25.7. The second-order valence-electron chi connectivity index (χ2n) is 8.04. The van der Waals surface area contributed by atoms with Crippen LogP contribution in [0.3, 0.4) is 0 Å². The molecule has 6 nitrogen and oxygen atoms in total. The number of aliphatic hydroxyl groups is 1. The Morgan fingerprint density at radius 2 is 1.68 bits per heavy atom. The van der Waals surface area contributed by atoms with Crippen LogP contribution >= 0.6 is 0 Å². The summed E-state index contributed by atoms with van der Waals surface area (Å²) in [6.07, 6.45) is 3.13. The minimum atomic E-state index is 0.192. The van der Waals surface area contributed by atoms with Gasteiger partial charge in [-0.05, 0) is 30.7 Å². The summed E-state index contributed by atoms with van der Waals surface area (Å²) in [4.78, 5) is 4.77. The summed E-state index contributed by atoms with van der Waals surface area (Å²) in [6.45, 7) is 4.49. The number of aromatic nitrogens is 3. The number of fused-ring (bicyclic) bond motifs is 1. The molecule has 0 saturated carbocycles. The molecule has 1 N–H and O–H groups in total. The second kappa shape index (κ2) is 9.67. The van der Waals surface area contributed by atoms with Crippen LogP contribution in [-0.4, -0.2) is 19.9 Å². The van der Waals surface area contributed by atoms with E-state index in [2.05, 4.69) is 11.7 Å². The topological polar surface area (TPSA) is 73.3 Å². The van der Waals surface area contributed by atoms with Crippen molar-refractivity contribution in [2.45, 2.75) is 26.0 Å². The zero-order chi connectivity index (χ0) is 23.3. The predicted octanol–water partition coefficient (Wildman–Crippen LogP) is 6.79. The third kappa shape index (κ3) is 4.57. The Kier molecular flexibility index (Phi) is 6.12. The molecule has 2 heterocycles. The molecule has 0 spiro atoms. The Morgan fingerprint density at radius 1 is 0.941 bits per heavy atom. The summed E-state index contributed by atoms with van der Waals surface area (Å²) in [5, 5.41) is 14.8. The Bertz CT molecular complexity index is 1410. The maximum atomic E-state index is 9.34. The van der Waals surface area contributed by atoms with Crippen molar-refractivity contribution < 1.29 is 14.3 Å². The normalized spacial score (nSPS) is 11.1. The number of hydrogen-bond acceptors (Lipinski definition) is 5. The Labute approximate surface area is 197 Å². The number of rotatable bonds is 9. The fourth-order valence-corrected chi connectivity index (χ4v) is 3.93. The van der Waals surface area contributed by atoms with Crippen molar-refractivity contribution in [1.82, 2.24) is 14.8 Å². The lowest BCUT2D eigenvalue weighted by Crippen LogP contribution is -2.01. The number of aryl methyl sites for hydroxylation is 1. The third-order valence-electron chi connectivity index (χ3n) is 5.60. The van der Waals surface area contributed by atoms with Gasteiger partial charge in [-0.15, -0.1) is 0 Å². The van der Waals surface area contributed by atoms with Crippen molar-refractivity contribution in [2.75, 3.05) is 0 Å². The van der Waals surface area contributed by atoms with E-state index >= 15 is 0 Å². The molecule has 0 unspecified atom stereocenters. The molecule has 34 heavy (non-hydrogen) atoms. The van der Waals surface area contributed by atoms with Crippen LogP contribution in [0.25, 0.3) is 33.7 Å². The molecule has 3 aromatic carbocycles. The van der Waals surface area contributed by atoms with Crippen molar-refractivity contribution in [1.29, 1.82) is 0 Å². The van der Waals surface area contributed by atoms with Gasteiger partial charge in [0.1, 0.15) is 18.1 Å². The Balaban J connectivity index is 1.42. The van der Waals surface area contributed by atoms with Gasteiger partial charge in [0, 0.05) is 24.1 Å². The molecule has 0 aliphatic rings. The highest BCUT2D eigenvalue weighted by Crippen LogP contribution is 2.32. The largest absolute Gasteiger partial charge is 0.513 e. The molecule has 2 aromatic heterocycles. The predicted molar refractivity (Wildman–Crippen MR) is 132 cm³/mol. The molecule has 5 aromatic rings. The van der Waals surface area contributed by atoms with Crippen molar-refractivity contribution in [3.8, 4) is 28.5 Å². The van der Waals surface area contributed by atoms with Crippen LogP contribution in [0, 0.1) is 0 Å². The minimum absolute atomic E-state index is 0.192. The zero-order valence-corrected chi connectivity index (χ0v) is 18.7. The van der Waals surface area contributed by atoms with Crippen LogP contribution < -0.4 is 4.74 Å². The van der Waals surface area contributed by atoms with Gasteiger partial charge in [0.2, 0.25) is 5.89 Å². The number of oxazole rings is 1. The number of hydrogen-bond donors (Lipinski definition) is 1. The highest BCUT2D eigenvalue weighted by molar-refractivity contribution is 5.85. The lowest BCUT2D eigenvalue weighted by Gasteiger charge is -2.08. The molecule has 0 fully saturated rings. The fraction of sp³-hybridized carbons (Fsp3) is 0.143. The molecule has 0 aliphatic carbocycles. The van der Waals surface area contributed by atoms with E-state index in [-0.39, 0.29) is 12.4 Å². The third-order valence-corrected chi connectivity index (χ3v) is 5.60. The molecular weight excluding hydrogens is 426 g/mol. The van der Waals surface area contributed by atoms with Gasteiger partial charge in [-0.1, -0.05) is 61.2 Å². The second-order valence-corrected chi connectivity index (χ2v) is 8.04. The molecule has 0 radical (unpaired) electrons. The van der Waals surface area contributed by atoms with Crippen LogP contribution in [0.4, 0.5) is 0 Å². The van der Waals surface area contributed by atoms with E-state index in [0.29, 0.717) is 24.6 Å². The van der Waals surface area contributed by atoms with E-state index in [0.717, 1.165) is 39.9 Å². The smallest absolute Gasteiger partial charge is 0.227 e. The molecule has 6 heteroatoms. The van der Waals surface area contributed by atoms with Crippen LogP contribution in [0.2, 0.25) is 0 Å². The van der Waals surface area contributed by atoms with Crippen LogP contribution in [-0.2, 0) is 13.2 Å². The molecule has 0 amide bonds. The highest BCUT2D eigenvalue weighted by atomic mass is 16.5. The lowest BCUT2D eigenvalue weighted by molar-refractivity contribution is 0.305. The van der Waals surface area contributed by atoms with Crippen molar-refractivity contribution in [2.24, 2.45) is 0 Å².